The van der Waals surface area contributed by atoms with Crippen LogP contribution in [0.15, 0.2) is 47.1 Å². The van der Waals surface area contributed by atoms with Crippen LogP contribution in [0.25, 0.3) is 11.4 Å². The third kappa shape index (κ3) is 4.02. The number of carbonyl (C=O) groups excluding carboxylic acids is 1. The third-order valence-electron chi connectivity index (χ3n) is 3.63. The molecule has 0 unspecified atom stereocenters. The van der Waals surface area contributed by atoms with E-state index in [1.807, 2.05) is 0 Å². The van der Waals surface area contributed by atoms with Crippen molar-refractivity contribution in [1.82, 2.24) is 15.1 Å². The molecule has 0 atom stereocenters. The summed E-state index contributed by atoms with van der Waals surface area (Å²) in [6.45, 7) is 0. The molecule has 0 aliphatic heterocycles. The lowest BCUT2D eigenvalue weighted by molar-refractivity contribution is -0.141. The number of benzene rings is 1. The zero-order chi connectivity index (χ0) is 20.5. The van der Waals surface area contributed by atoms with Gasteiger partial charge in [-0.05, 0) is 18.2 Å². The third-order valence-corrected chi connectivity index (χ3v) is 3.63. The number of hydrogen-bond donors (Lipinski definition) is 0. The van der Waals surface area contributed by atoms with E-state index in [0.29, 0.717) is 0 Å². The summed E-state index contributed by atoms with van der Waals surface area (Å²) in [5.74, 6) is -1.87. The number of nitrogens with zero attached hydrogens (tertiary/aromatic N) is 3. The second-order valence-corrected chi connectivity index (χ2v) is 5.55. The molecule has 146 valence electrons. The van der Waals surface area contributed by atoms with Crippen molar-refractivity contribution in [1.29, 1.82) is 0 Å². The largest absolute Gasteiger partial charge is 0.434 e. The molecule has 28 heavy (non-hydrogen) atoms. The summed E-state index contributed by atoms with van der Waals surface area (Å²) >= 11 is 0. The van der Waals surface area contributed by atoms with Gasteiger partial charge >= 0.3 is 12.4 Å². The Bertz CT molecular complexity index is 1010. The van der Waals surface area contributed by atoms with Crippen LogP contribution in [0.4, 0.5) is 26.3 Å². The highest BCUT2D eigenvalue weighted by Gasteiger charge is 2.37. The van der Waals surface area contributed by atoms with Gasteiger partial charge in [-0.2, -0.15) is 31.3 Å². The molecular weight excluding hydrogens is 392 g/mol. The Balaban J connectivity index is 1.89. The fourth-order valence-electron chi connectivity index (χ4n) is 2.45. The van der Waals surface area contributed by atoms with Crippen molar-refractivity contribution < 1.29 is 35.7 Å². The van der Waals surface area contributed by atoms with Gasteiger partial charge in [0.25, 0.3) is 0 Å². The molecule has 0 radical (unpaired) electrons. The molecule has 2 aromatic heterocycles. The van der Waals surface area contributed by atoms with Gasteiger partial charge in [-0.3, -0.25) is 9.78 Å². The summed E-state index contributed by atoms with van der Waals surface area (Å²) in [5, 5.41) is 3.40. The van der Waals surface area contributed by atoms with Crippen molar-refractivity contribution in [3.05, 3.63) is 65.3 Å². The molecule has 0 aliphatic carbocycles. The number of rotatable bonds is 4. The minimum atomic E-state index is -4.85. The number of halogens is 6. The van der Waals surface area contributed by atoms with Crippen LogP contribution in [0.3, 0.4) is 0 Å². The van der Waals surface area contributed by atoms with Crippen molar-refractivity contribution in [3.63, 3.8) is 0 Å². The van der Waals surface area contributed by atoms with Crippen LogP contribution in [0.2, 0.25) is 0 Å². The van der Waals surface area contributed by atoms with Crippen LogP contribution >= 0.6 is 0 Å². The Morgan fingerprint density at radius 2 is 1.68 bits per heavy atom. The highest BCUT2D eigenvalue weighted by atomic mass is 19.4. The van der Waals surface area contributed by atoms with E-state index in [9.17, 15) is 31.1 Å². The minimum absolute atomic E-state index is 0.380. The van der Waals surface area contributed by atoms with Crippen LogP contribution in [-0.4, -0.2) is 20.9 Å². The summed E-state index contributed by atoms with van der Waals surface area (Å²) in [5.41, 5.74) is -3.47. The van der Waals surface area contributed by atoms with E-state index in [4.69, 9.17) is 4.52 Å². The lowest BCUT2D eigenvalue weighted by Crippen LogP contribution is -2.16. The summed E-state index contributed by atoms with van der Waals surface area (Å²) in [6.07, 6.45) is -9.36. The minimum Gasteiger partial charge on any atom is -0.338 e. The number of alkyl halides is 6. The van der Waals surface area contributed by atoms with Crippen molar-refractivity contribution in [2.45, 2.75) is 18.8 Å². The van der Waals surface area contributed by atoms with Gasteiger partial charge in [0.2, 0.25) is 11.7 Å². The highest BCUT2D eigenvalue weighted by Crippen LogP contribution is 2.36. The summed E-state index contributed by atoms with van der Waals surface area (Å²) in [4.78, 5) is 19.1. The van der Waals surface area contributed by atoms with Crippen LogP contribution < -0.4 is 0 Å². The van der Waals surface area contributed by atoms with Gasteiger partial charge in [0.15, 0.2) is 11.5 Å². The van der Waals surface area contributed by atoms with E-state index >= 15 is 0 Å². The van der Waals surface area contributed by atoms with Crippen molar-refractivity contribution >= 4 is 5.78 Å². The maximum absolute atomic E-state index is 13.1. The first kappa shape index (κ1) is 19.5. The Morgan fingerprint density at radius 1 is 0.964 bits per heavy atom. The molecule has 0 bridgehead atoms. The molecule has 0 N–H and O–H groups in total. The molecule has 0 aliphatic rings. The molecule has 0 amide bonds. The molecule has 0 saturated carbocycles. The molecule has 11 heteroatoms. The fraction of sp³-hybridized carbons (Fsp3) is 0.176. The predicted molar refractivity (Wildman–Crippen MR) is 82.0 cm³/mol. The maximum Gasteiger partial charge on any atom is 0.434 e. The quantitative estimate of drug-likeness (QED) is 0.472. The topological polar surface area (TPSA) is 68.9 Å². The molecule has 1 aromatic carbocycles. The highest BCUT2D eigenvalue weighted by molar-refractivity contribution is 5.98. The van der Waals surface area contributed by atoms with Crippen molar-refractivity contribution in [2.75, 3.05) is 0 Å². The second kappa shape index (κ2) is 7.06. The van der Waals surface area contributed by atoms with Gasteiger partial charge in [-0.1, -0.05) is 23.4 Å². The first-order valence-corrected chi connectivity index (χ1v) is 7.62. The number of carbonyl (C=O) groups is 1. The molecule has 3 rings (SSSR count). The van der Waals surface area contributed by atoms with Gasteiger partial charge in [0.1, 0.15) is 0 Å². The van der Waals surface area contributed by atoms with Gasteiger partial charge in [0.05, 0.1) is 12.0 Å². The Morgan fingerprint density at radius 3 is 2.36 bits per heavy atom. The monoisotopic (exact) mass is 401 g/mol. The van der Waals surface area contributed by atoms with Gasteiger partial charge in [0, 0.05) is 17.3 Å². The van der Waals surface area contributed by atoms with Crippen molar-refractivity contribution in [2.24, 2.45) is 0 Å². The van der Waals surface area contributed by atoms with E-state index in [-0.39, 0.29) is 5.56 Å². The number of Topliss-reactive ketones (excluding diaryl/α,β-unsaturated/α-hetero) is 1. The summed E-state index contributed by atoms with van der Waals surface area (Å²) in [6, 6.07) is 6.54. The molecule has 2 heterocycles. The van der Waals surface area contributed by atoms with Gasteiger partial charge in [-0.15, -0.1) is 0 Å². The number of pyridine rings is 1. The first-order chi connectivity index (χ1) is 13.1. The fourth-order valence-corrected chi connectivity index (χ4v) is 2.45. The summed E-state index contributed by atoms with van der Waals surface area (Å²) in [7, 11) is 0. The van der Waals surface area contributed by atoms with E-state index in [2.05, 4.69) is 15.1 Å². The lowest BCUT2D eigenvalue weighted by Gasteiger charge is -2.09. The SMILES string of the molecule is O=C(Cc1nc(-c2ccccc2C(F)(F)F)no1)c1cccnc1C(F)(F)F. The summed E-state index contributed by atoms with van der Waals surface area (Å²) < 4.78 is 82.8. The number of aromatic nitrogens is 3. The molecule has 3 aromatic rings. The Kier molecular flexibility index (Phi) is 4.92. The molecule has 0 fully saturated rings. The van der Waals surface area contributed by atoms with E-state index in [1.54, 1.807) is 0 Å². The van der Waals surface area contributed by atoms with E-state index in [0.717, 1.165) is 30.5 Å². The zero-order valence-corrected chi connectivity index (χ0v) is 13.7. The van der Waals surface area contributed by atoms with E-state index < -0.39 is 53.1 Å². The smallest absolute Gasteiger partial charge is 0.338 e. The lowest BCUT2D eigenvalue weighted by atomic mass is 10.1. The average molecular weight is 401 g/mol. The second-order valence-electron chi connectivity index (χ2n) is 5.55. The Labute approximate surface area is 153 Å². The molecule has 0 saturated heterocycles. The number of hydrogen-bond acceptors (Lipinski definition) is 5. The molecule has 5 nitrogen and oxygen atoms in total. The van der Waals surface area contributed by atoms with Crippen LogP contribution in [0.1, 0.15) is 27.5 Å². The van der Waals surface area contributed by atoms with Crippen LogP contribution in [-0.2, 0) is 18.8 Å². The van der Waals surface area contributed by atoms with E-state index in [1.165, 1.54) is 12.1 Å². The van der Waals surface area contributed by atoms with Crippen molar-refractivity contribution in [3.8, 4) is 11.4 Å². The van der Waals surface area contributed by atoms with Gasteiger partial charge in [-0.25, -0.2) is 0 Å². The predicted octanol–water partition coefficient (Wildman–Crippen LogP) is 4.59. The van der Waals surface area contributed by atoms with Gasteiger partial charge < -0.3 is 4.52 Å². The zero-order valence-electron chi connectivity index (χ0n) is 13.7. The van der Waals surface area contributed by atoms with Crippen LogP contribution in [0, 0.1) is 0 Å². The average Bonchev–Trinajstić information content (AvgIpc) is 3.08. The standard InChI is InChI=1S/C17H9F6N3O2/c18-16(19,20)11-6-2-1-4-9(11)15-25-13(28-26-15)8-12(27)10-5-3-7-24-14(10)17(21,22)23/h1-7H,8H2. The number of ketones is 1. The van der Waals surface area contributed by atoms with Crippen LogP contribution in [0.5, 0.6) is 0 Å². The molecular formula is C17H9F6N3O2. The first-order valence-electron chi connectivity index (χ1n) is 7.62. The normalized spacial score (nSPS) is 12.2. The molecule has 0 spiro atoms. The maximum atomic E-state index is 13.1. The Hall–Kier alpha value is -3.24.